The molecule has 0 saturated heterocycles. The van der Waals surface area contributed by atoms with Gasteiger partial charge in [0.25, 0.3) is 0 Å². The molecule has 0 aromatic rings. The first-order chi connectivity index (χ1) is 5.58. The maximum absolute atomic E-state index is 11.3. The van der Waals surface area contributed by atoms with E-state index < -0.39 is 10.0 Å². The van der Waals surface area contributed by atoms with Crippen molar-refractivity contribution in [1.29, 1.82) is 0 Å². The summed E-state index contributed by atoms with van der Waals surface area (Å²) in [5.74, 6) is 1.98. The summed E-state index contributed by atoms with van der Waals surface area (Å²) in [6, 6.07) is 0.198. The fraction of sp³-hybridized carbons (Fsp3) is 0.750. The summed E-state index contributed by atoms with van der Waals surface area (Å²) < 4.78 is 24.1. The van der Waals surface area contributed by atoms with Crippen molar-refractivity contribution in [3.05, 3.63) is 0 Å². The highest BCUT2D eigenvalue weighted by molar-refractivity contribution is 7.89. The zero-order valence-corrected chi connectivity index (χ0v) is 7.97. The van der Waals surface area contributed by atoms with Crippen LogP contribution in [0, 0.1) is 12.3 Å². The summed E-state index contributed by atoms with van der Waals surface area (Å²) in [5.41, 5.74) is 0. The number of hydrogen-bond donors (Lipinski definition) is 0. The molecule has 0 aromatic heterocycles. The molecule has 12 heavy (non-hydrogen) atoms. The Bertz CT molecular complexity index is 285. The monoisotopic (exact) mass is 187 g/mol. The van der Waals surface area contributed by atoms with E-state index in [1.165, 1.54) is 4.31 Å². The summed E-state index contributed by atoms with van der Waals surface area (Å²) in [6.45, 7) is 0. The summed E-state index contributed by atoms with van der Waals surface area (Å²) in [6.07, 6.45) is 8.03. The van der Waals surface area contributed by atoms with E-state index in [-0.39, 0.29) is 11.8 Å². The van der Waals surface area contributed by atoms with Crippen LogP contribution in [0.5, 0.6) is 0 Å². The normalized spacial score (nSPS) is 18.8. The Balaban J connectivity index is 2.62. The number of sulfonamides is 1. The second kappa shape index (κ2) is 3.46. The van der Waals surface area contributed by atoms with Gasteiger partial charge in [-0.25, -0.2) is 12.7 Å². The third-order valence-corrected chi connectivity index (χ3v) is 4.00. The lowest BCUT2D eigenvalue weighted by Gasteiger charge is -2.33. The van der Waals surface area contributed by atoms with Gasteiger partial charge >= 0.3 is 0 Å². The number of rotatable bonds is 3. The van der Waals surface area contributed by atoms with E-state index in [0.717, 1.165) is 19.3 Å². The van der Waals surface area contributed by atoms with Crippen LogP contribution in [-0.4, -0.2) is 31.6 Å². The topological polar surface area (TPSA) is 37.4 Å². The van der Waals surface area contributed by atoms with E-state index in [1.54, 1.807) is 7.05 Å². The van der Waals surface area contributed by atoms with Crippen LogP contribution in [-0.2, 0) is 10.0 Å². The summed E-state index contributed by atoms with van der Waals surface area (Å²) in [4.78, 5) is 0. The third kappa shape index (κ3) is 1.79. The van der Waals surface area contributed by atoms with E-state index in [2.05, 4.69) is 5.92 Å². The quantitative estimate of drug-likeness (QED) is 0.601. The second-order valence-electron chi connectivity index (χ2n) is 3.06. The summed E-state index contributed by atoms with van der Waals surface area (Å²) in [5, 5.41) is 0. The molecule has 1 saturated carbocycles. The van der Waals surface area contributed by atoms with Crippen molar-refractivity contribution >= 4 is 10.0 Å². The molecule has 0 aliphatic heterocycles. The zero-order chi connectivity index (χ0) is 9.19. The van der Waals surface area contributed by atoms with Crippen LogP contribution in [0.15, 0.2) is 0 Å². The molecule has 1 aliphatic carbocycles. The average molecular weight is 187 g/mol. The predicted molar refractivity (Wildman–Crippen MR) is 48.0 cm³/mol. The lowest BCUT2D eigenvalue weighted by Crippen LogP contribution is -2.42. The van der Waals surface area contributed by atoms with Gasteiger partial charge in [-0.3, -0.25) is 0 Å². The lowest BCUT2D eigenvalue weighted by molar-refractivity contribution is 0.250. The van der Waals surface area contributed by atoms with Crippen molar-refractivity contribution in [3.63, 3.8) is 0 Å². The van der Waals surface area contributed by atoms with Gasteiger partial charge in [0, 0.05) is 13.1 Å². The molecule has 0 bridgehead atoms. The molecule has 0 heterocycles. The van der Waals surface area contributed by atoms with Crippen molar-refractivity contribution in [2.24, 2.45) is 0 Å². The highest BCUT2D eigenvalue weighted by atomic mass is 32.2. The number of terminal acetylenes is 1. The predicted octanol–water partition coefficient (Wildman–Crippen LogP) is 0.434. The van der Waals surface area contributed by atoms with Gasteiger partial charge in [-0.15, -0.1) is 6.42 Å². The van der Waals surface area contributed by atoms with Crippen molar-refractivity contribution < 1.29 is 8.42 Å². The molecular weight excluding hydrogens is 174 g/mol. The van der Waals surface area contributed by atoms with Crippen LogP contribution in [0.2, 0.25) is 0 Å². The molecular formula is C8H13NO2S. The smallest absolute Gasteiger partial charge is 0.211 e. The molecule has 4 heteroatoms. The molecule has 1 aliphatic rings. The average Bonchev–Trinajstić information content (AvgIpc) is 1.83. The minimum atomic E-state index is -3.17. The maximum atomic E-state index is 11.3. The highest BCUT2D eigenvalue weighted by Crippen LogP contribution is 2.25. The van der Waals surface area contributed by atoms with Gasteiger partial charge in [0.05, 0.1) is 0 Å². The van der Waals surface area contributed by atoms with E-state index >= 15 is 0 Å². The molecule has 0 spiro atoms. The fourth-order valence-corrected chi connectivity index (χ4v) is 2.26. The van der Waals surface area contributed by atoms with E-state index in [1.807, 2.05) is 0 Å². The molecule has 68 valence electrons. The van der Waals surface area contributed by atoms with Gasteiger partial charge in [-0.2, -0.15) is 0 Å². The van der Waals surface area contributed by atoms with Gasteiger partial charge in [0.1, 0.15) is 5.75 Å². The Labute approximate surface area is 73.8 Å². The standard InChI is InChI=1S/C8H13NO2S/c1-3-7-12(10,11)9(2)8-5-4-6-8/h1,8H,4-7H2,2H3. The fourth-order valence-electron chi connectivity index (χ4n) is 1.18. The van der Waals surface area contributed by atoms with Crippen molar-refractivity contribution in [3.8, 4) is 12.3 Å². The molecule has 0 atom stereocenters. The molecule has 0 amide bonds. The first kappa shape index (κ1) is 9.56. The largest absolute Gasteiger partial charge is 0.225 e. The maximum Gasteiger partial charge on any atom is 0.225 e. The van der Waals surface area contributed by atoms with Gasteiger partial charge < -0.3 is 0 Å². The molecule has 0 radical (unpaired) electrons. The van der Waals surface area contributed by atoms with Crippen molar-refractivity contribution in [2.75, 3.05) is 12.8 Å². The van der Waals surface area contributed by atoms with E-state index in [4.69, 9.17) is 6.42 Å². The second-order valence-corrected chi connectivity index (χ2v) is 5.09. The van der Waals surface area contributed by atoms with Gasteiger partial charge in [-0.1, -0.05) is 12.3 Å². The van der Waals surface area contributed by atoms with Crippen molar-refractivity contribution in [2.45, 2.75) is 25.3 Å². The van der Waals surface area contributed by atoms with Gasteiger partial charge in [0.15, 0.2) is 0 Å². The Hall–Kier alpha value is -0.530. The molecule has 1 fully saturated rings. The molecule has 0 N–H and O–H groups in total. The van der Waals surface area contributed by atoms with E-state index in [0.29, 0.717) is 0 Å². The van der Waals surface area contributed by atoms with E-state index in [9.17, 15) is 8.42 Å². The highest BCUT2D eigenvalue weighted by Gasteiger charge is 2.29. The summed E-state index contributed by atoms with van der Waals surface area (Å²) in [7, 11) is -1.57. The molecule has 0 aromatic carbocycles. The lowest BCUT2D eigenvalue weighted by atomic mass is 9.94. The zero-order valence-electron chi connectivity index (χ0n) is 7.16. The minimum Gasteiger partial charge on any atom is -0.211 e. The summed E-state index contributed by atoms with van der Waals surface area (Å²) >= 11 is 0. The minimum absolute atomic E-state index is 0.181. The Morgan fingerprint density at radius 1 is 1.58 bits per heavy atom. The SMILES string of the molecule is C#CCS(=O)(=O)N(C)C1CCC1. The van der Waals surface area contributed by atoms with Crippen LogP contribution in [0.1, 0.15) is 19.3 Å². The van der Waals surface area contributed by atoms with Gasteiger partial charge in [0.2, 0.25) is 10.0 Å². The van der Waals surface area contributed by atoms with Crippen LogP contribution in [0.4, 0.5) is 0 Å². The number of hydrogen-bond acceptors (Lipinski definition) is 2. The first-order valence-electron chi connectivity index (χ1n) is 3.97. The van der Waals surface area contributed by atoms with Gasteiger partial charge in [-0.05, 0) is 12.8 Å². The molecule has 0 unspecified atom stereocenters. The van der Waals surface area contributed by atoms with Crippen molar-refractivity contribution in [1.82, 2.24) is 4.31 Å². The number of nitrogens with zero attached hydrogens (tertiary/aromatic N) is 1. The Morgan fingerprint density at radius 2 is 2.17 bits per heavy atom. The van der Waals surface area contributed by atoms with Crippen LogP contribution >= 0.6 is 0 Å². The van der Waals surface area contributed by atoms with Crippen LogP contribution in [0.25, 0.3) is 0 Å². The van der Waals surface area contributed by atoms with Crippen LogP contribution in [0.3, 0.4) is 0 Å². The molecule has 1 rings (SSSR count). The Kier molecular flexibility index (Phi) is 2.76. The van der Waals surface area contributed by atoms with Crippen LogP contribution < -0.4 is 0 Å². The first-order valence-corrected chi connectivity index (χ1v) is 5.58. The third-order valence-electron chi connectivity index (χ3n) is 2.29. The Morgan fingerprint density at radius 3 is 2.50 bits per heavy atom. The molecule has 3 nitrogen and oxygen atoms in total.